The molecule has 0 bridgehead atoms. The van der Waals surface area contributed by atoms with Gasteiger partial charge in [-0.3, -0.25) is 0 Å². The fourth-order valence-corrected chi connectivity index (χ4v) is 0.716. The van der Waals surface area contributed by atoms with E-state index >= 15 is 0 Å². The second-order valence-corrected chi connectivity index (χ2v) is 2.35. The maximum atomic E-state index is 9.24. The molecule has 0 aromatic rings. The van der Waals surface area contributed by atoms with Crippen molar-refractivity contribution in [3.8, 4) is 0 Å². The molecule has 1 rings (SSSR count). The van der Waals surface area contributed by atoms with Crippen LogP contribution in [0.4, 0.5) is 0 Å². The van der Waals surface area contributed by atoms with Gasteiger partial charge < -0.3 is 5.11 Å². The Morgan fingerprint density at radius 1 is 1.50 bits per heavy atom. The van der Waals surface area contributed by atoms with Crippen LogP contribution in [0.25, 0.3) is 0 Å². The van der Waals surface area contributed by atoms with E-state index in [2.05, 4.69) is 0 Å². The van der Waals surface area contributed by atoms with Gasteiger partial charge >= 0.3 is 0 Å². The third-order valence-corrected chi connectivity index (χ3v) is 1.23. The molecule has 0 spiro atoms. The van der Waals surface area contributed by atoms with Gasteiger partial charge in [-0.2, -0.15) is 0 Å². The zero-order valence-electron chi connectivity index (χ0n) is 4.96. The van der Waals surface area contributed by atoms with Gasteiger partial charge in [-0.15, -0.1) is 0 Å². The van der Waals surface area contributed by atoms with Gasteiger partial charge in [-0.25, -0.2) is 0 Å². The van der Waals surface area contributed by atoms with Crippen molar-refractivity contribution in [1.82, 2.24) is 0 Å². The summed E-state index contributed by atoms with van der Waals surface area (Å²) in [4.78, 5) is 0. The summed E-state index contributed by atoms with van der Waals surface area (Å²) in [6.07, 6.45) is 8.30. The van der Waals surface area contributed by atoms with Crippen LogP contribution in [-0.2, 0) is 0 Å². The molecule has 1 N–H and O–H groups in total. The summed E-state index contributed by atoms with van der Waals surface area (Å²) >= 11 is 0. The maximum Gasteiger partial charge on any atom is 0.0837 e. The first-order chi connectivity index (χ1) is 3.71. The van der Waals surface area contributed by atoms with Gasteiger partial charge in [0.05, 0.1) is 5.60 Å². The molecule has 1 aliphatic rings. The van der Waals surface area contributed by atoms with Crippen molar-refractivity contribution >= 4 is 0 Å². The van der Waals surface area contributed by atoms with Crippen LogP contribution in [0.1, 0.15) is 13.3 Å². The monoisotopic (exact) mass is 110 g/mol. The van der Waals surface area contributed by atoms with E-state index in [0.29, 0.717) is 0 Å². The molecule has 0 aromatic heterocycles. The lowest BCUT2D eigenvalue weighted by Gasteiger charge is -2.17. The van der Waals surface area contributed by atoms with E-state index in [1.807, 2.05) is 18.2 Å². The molecule has 0 heterocycles. The largest absolute Gasteiger partial charge is 0.386 e. The fourth-order valence-electron chi connectivity index (χ4n) is 0.716. The Kier molecular flexibility index (Phi) is 1.22. The van der Waals surface area contributed by atoms with Crippen LogP contribution in [0.15, 0.2) is 24.3 Å². The van der Waals surface area contributed by atoms with Crippen molar-refractivity contribution in [2.75, 3.05) is 0 Å². The van der Waals surface area contributed by atoms with Gasteiger partial charge in [-0.05, 0) is 13.3 Å². The third-order valence-electron chi connectivity index (χ3n) is 1.23. The lowest BCUT2D eigenvalue weighted by molar-refractivity contribution is 0.114. The molecule has 8 heavy (non-hydrogen) atoms. The first kappa shape index (κ1) is 5.57. The standard InChI is InChI=1S/C7H10O/c1-7(8)5-3-2-4-6-7/h2-5,8H,6H2,1H3. The molecular formula is C7H10O. The summed E-state index contributed by atoms with van der Waals surface area (Å²) in [5, 5.41) is 9.24. The van der Waals surface area contributed by atoms with E-state index in [-0.39, 0.29) is 0 Å². The van der Waals surface area contributed by atoms with Crippen LogP contribution >= 0.6 is 0 Å². The highest BCUT2D eigenvalue weighted by Crippen LogP contribution is 2.14. The molecule has 1 heteroatoms. The van der Waals surface area contributed by atoms with Gasteiger partial charge in [0, 0.05) is 0 Å². The molecule has 1 aliphatic carbocycles. The first-order valence-electron chi connectivity index (χ1n) is 2.77. The van der Waals surface area contributed by atoms with E-state index < -0.39 is 5.60 Å². The second kappa shape index (κ2) is 1.75. The average Bonchev–Trinajstić information content (AvgIpc) is 1.65. The van der Waals surface area contributed by atoms with Crippen LogP contribution in [0.3, 0.4) is 0 Å². The molecule has 1 atom stereocenters. The SMILES string of the molecule is CC1(O)C=CC=CC1. The highest BCUT2D eigenvalue weighted by molar-refractivity contribution is 5.16. The molecular weight excluding hydrogens is 100 g/mol. The van der Waals surface area contributed by atoms with Gasteiger partial charge in [0.15, 0.2) is 0 Å². The normalized spacial score (nSPS) is 35.8. The van der Waals surface area contributed by atoms with Gasteiger partial charge in [-0.1, -0.05) is 24.3 Å². The zero-order valence-corrected chi connectivity index (χ0v) is 4.96. The topological polar surface area (TPSA) is 20.2 Å². The Hall–Kier alpha value is -0.560. The van der Waals surface area contributed by atoms with Crippen LogP contribution in [0, 0.1) is 0 Å². The minimum atomic E-state index is -0.589. The Labute approximate surface area is 49.3 Å². The van der Waals surface area contributed by atoms with Crippen molar-refractivity contribution in [1.29, 1.82) is 0 Å². The van der Waals surface area contributed by atoms with Crippen molar-refractivity contribution < 1.29 is 5.11 Å². The van der Waals surface area contributed by atoms with Gasteiger partial charge in [0.2, 0.25) is 0 Å². The Morgan fingerprint density at radius 3 is 2.50 bits per heavy atom. The lowest BCUT2D eigenvalue weighted by atomic mass is 9.98. The molecule has 0 saturated carbocycles. The number of allylic oxidation sites excluding steroid dienone is 2. The molecule has 1 nitrogen and oxygen atoms in total. The summed E-state index contributed by atoms with van der Waals surface area (Å²) in [7, 11) is 0. The molecule has 0 saturated heterocycles. The molecule has 0 amide bonds. The van der Waals surface area contributed by atoms with Crippen LogP contribution in [0.2, 0.25) is 0 Å². The Morgan fingerprint density at radius 2 is 2.25 bits per heavy atom. The number of rotatable bonds is 0. The van der Waals surface area contributed by atoms with Crippen molar-refractivity contribution in [3.63, 3.8) is 0 Å². The fraction of sp³-hybridized carbons (Fsp3) is 0.429. The maximum absolute atomic E-state index is 9.24. The van der Waals surface area contributed by atoms with Crippen LogP contribution in [-0.4, -0.2) is 10.7 Å². The molecule has 44 valence electrons. The first-order valence-corrected chi connectivity index (χ1v) is 2.77. The Balaban J connectivity index is 2.65. The highest BCUT2D eigenvalue weighted by Gasteiger charge is 2.14. The van der Waals surface area contributed by atoms with Crippen molar-refractivity contribution in [3.05, 3.63) is 24.3 Å². The number of aliphatic hydroxyl groups is 1. The second-order valence-electron chi connectivity index (χ2n) is 2.35. The van der Waals surface area contributed by atoms with Crippen LogP contribution in [0.5, 0.6) is 0 Å². The summed E-state index contributed by atoms with van der Waals surface area (Å²) in [5.74, 6) is 0. The minimum Gasteiger partial charge on any atom is -0.386 e. The predicted octanol–water partition coefficient (Wildman–Crippen LogP) is 1.25. The quantitative estimate of drug-likeness (QED) is 0.497. The molecule has 0 aliphatic heterocycles. The Bertz CT molecular complexity index is 131. The number of hydrogen-bond donors (Lipinski definition) is 1. The summed E-state index contributed by atoms with van der Waals surface area (Å²) in [6.45, 7) is 1.80. The number of hydrogen-bond acceptors (Lipinski definition) is 1. The van der Waals surface area contributed by atoms with E-state index in [9.17, 15) is 5.11 Å². The van der Waals surface area contributed by atoms with E-state index in [1.165, 1.54) is 0 Å². The van der Waals surface area contributed by atoms with Gasteiger partial charge in [0.1, 0.15) is 0 Å². The lowest BCUT2D eigenvalue weighted by Crippen LogP contribution is -2.20. The summed E-state index contributed by atoms with van der Waals surface area (Å²) in [5.41, 5.74) is -0.589. The molecule has 0 radical (unpaired) electrons. The van der Waals surface area contributed by atoms with Crippen LogP contribution < -0.4 is 0 Å². The summed E-state index contributed by atoms with van der Waals surface area (Å²) in [6, 6.07) is 0. The van der Waals surface area contributed by atoms with E-state index in [0.717, 1.165) is 6.42 Å². The molecule has 1 unspecified atom stereocenters. The predicted molar refractivity (Wildman–Crippen MR) is 33.5 cm³/mol. The van der Waals surface area contributed by atoms with Crippen molar-refractivity contribution in [2.45, 2.75) is 18.9 Å². The van der Waals surface area contributed by atoms with Gasteiger partial charge in [0.25, 0.3) is 0 Å². The van der Waals surface area contributed by atoms with E-state index in [4.69, 9.17) is 0 Å². The average molecular weight is 110 g/mol. The van der Waals surface area contributed by atoms with E-state index in [1.54, 1.807) is 13.0 Å². The highest BCUT2D eigenvalue weighted by atomic mass is 16.3. The molecule has 0 fully saturated rings. The van der Waals surface area contributed by atoms with Crippen molar-refractivity contribution in [2.24, 2.45) is 0 Å². The summed E-state index contributed by atoms with van der Waals surface area (Å²) < 4.78 is 0. The molecule has 0 aromatic carbocycles. The zero-order chi connectivity index (χ0) is 6.04. The minimum absolute atomic E-state index is 0.589. The third kappa shape index (κ3) is 1.20. The smallest absolute Gasteiger partial charge is 0.0837 e.